The first-order chi connectivity index (χ1) is 4.77. The number of halogens is 3. The number of alkyl halides is 3. The van der Waals surface area contributed by atoms with Crippen molar-refractivity contribution in [1.29, 1.82) is 0 Å². The van der Waals surface area contributed by atoms with Gasteiger partial charge in [0.25, 0.3) is 0 Å². The third kappa shape index (κ3) is 6.16. The Labute approximate surface area is 64.5 Å². The summed E-state index contributed by atoms with van der Waals surface area (Å²) in [4.78, 5) is 0. The summed E-state index contributed by atoms with van der Waals surface area (Å²) in [5.74, 6) is 0. The molecular weight excluding hydrogens is 157 g/mol. The second kappa shape index (κ2) is 3.43. The predicted molar refractivity (Wildman–Crippen MR) is 36.1 cm³/mol. The maximum Gasteiger partial charge on any atom is 0.523 e. The van der Waals surface area contributed by atoms with Crippen molar-refractivity contribution in [2.75, 3.05) is 0 Å². The Morgan fingerprint density at radius 3 is 1.91 bits per heavy atom. The standard InChI is InChI=1S/C7H13F3O/c1-4-5-6(2,3)11-7(8,9)10/h4-5H2,1-3H3. The van der Waals surface area contributed by atoms with Gasteiger partial charge < -0.3 is 0 Å². The fourth-order valence-corrected chi connectivity index (χ4v) is 0.966. The third-order valence-electron chi connectivity index (χ3n) is 1.24. The lowest BCUT2D eigenvalue weighted by Crippen LogP contribution is -2.31. The average Bonchev–Trinajstić information content (AvgIpc) is 1.55. The first-order valence-corrected chi connectivity index (χ1v) is 3.54. The van der Waals surface area contributed by atoms with Crippen LogP contribution in [0, 0.1) is 0 Å². The average molecular weight is 170 g/mol. The lowest BCUT2D eigenvalue weighted by molar-refractivity contribution is -0.362. The molecule has 0 aliphatic heterocycles. The second-order valence-electron chi connectivity index (χ2n) is 3.06. The van der Waals surface area contributed by atoms with Crippen molar-refractivity contribution in [3.05, 3.63) is 0 Å². The molecule has 0 fully saturated rings. The maximum atomic E-state index is 11.7. The normalized spacial score (nSPS) is 13.6. The smallest absolute Gasteiger partial charge is 0.286 e. The monoisotopic (exact) mass is 170 g/mol. The minimum atomic E-state index is -4.52. The van der Waals surface area contributed by atoms with Gasteiger partial charge >= 0.3 is 6.36 Å². The van der Waals surface area contributed by atoms with Crippen molar-refractivity contribution >= 4 is 0 Å². The molecule has 0 heterocycles. The van der Waals surface area contributed by atoms with Gasteiger partial charge in [0.15, 0.2) is 0 Å². The Hall–Kier alpha value is -0.250. The quantitative estimate of drug-likeness (QED) is 0.632. The van der Waals surface area contributed by atoms with Gasteiger partial charge in [-0.1, -0.05) is 13.3 Å². The molecule has 1 nitrogen and oxygen atoms in total. The van der Waals surface area contributed by atoms with Gasteiger partial charge in [-0.3, -0.25) is 4.74 Å². The fraction of sp³-hybridized carbons (Fsp3) is 1.00. The zero-order valence-electron chi connectivity index (χ0n) is 6.96. The van der Waals surface area contributed by atoms with E-state index in [0.29, 0.717) is 12.8 Å². The highest BCUT2D eigenvalue weighted by atomic mass is 19.4. The van der Waals surface area contributed by atoms with Crippen LogP contribution in [0.25, 0.3) is 0 Å². The summed E-state index contributed by atoms with van der Waals surface area (Å²) in [7, 11) is 0. The van der Waals surface area contributed by atoms with Crippen molar-refractivity contribution in [3.8, 4) is 0 Å². The minimum absolute atomic E-state index is 0.409. The van der Waals surface area contributed by atoms with Gasteiger partial charge in [0.1, 0.15) is 0 Å². The van der Waals surface area contributed by atoms with Crippen LogP contribution in [0.4, 0.5) is 13.2 Å². The van der Waals surface area contributed by atoms with Crippen LogP contribution in [0.5, 0.6) is 0 Å². The van der Waals surface area contributed by atoms with E-state index in [1.54, 1.807) is 0 Å². The topological polar surface area (TPSA) is 9.23 Å². The van der Waals surface area contributed by atoms with Crippen molar-refractivity contribution in [2.45, 2.75) is 45.6 Å². The largest absolute Gasteiger partial charge is 0.523 e. The highest BCUT2D eigenvalue weighted by molar-refractivity contribution is 4.67. The van der Waals surface area contributed by atoms with Gasteiger partial charge in [-0.05, 0) is 20.3 Å². The molecule has 0 rings (SSSR count). The van der Waals surface area contributed by atoms with E-state index in [9.17, 15) is 13.2 Å². The van der Waals surface area contributed by atoms with Crippen LogP contribution in [0.1, 0.15) is 33.6 Å². The molecule has 0 atom stereocenters. The molecule has 4 heteroatoms. The van der Waals surface area contributed by atoms with Crippen LogP contribution >= 0.6 is 0 Å². The van der Waals surface area contributed by atoms with Crippen LogP contribution in [0.2, 0.25) is 0 Å². The molecule has 0 unspecified atom stereocenters. The van der Waals surface area contributed by atoms with E-state index in [2.05, 4.69) is 4.74 Å². The van der Waals surface area contributed by atoms with Crippen molar-refractivity contribution < 1.29 is 17.9 Å². The molecule has 0 aliphatic carbocycles. The molecule has 11 heavy (non-hydrogen) atoms. The van der Waals surface area contributed by atoms with Crippen LogP contribution in [0.15, 0.2) is 0 Å². The summed E-state index contributed by atoms with van der Waals surface area (Å²) < 4.78 is 38.8. The Balaban J connectivity index is 3.91. The van der Waals surface area contributed by atoms with Crippen molar-refractivity contribution in [2.24, 2.45) is 0 Å². The van der Waals surface area contributed by atoms with Gasteiger partial charge in [-0.25, -0.2) is 0 Å². The molecular formula is C7H13F3O. The van der Waals surface area contributed by atoms with Crippen LogP contribution in [-0.4, -0.2) is 12.0 Å². The Kier molecular flexibility index (Phi) is 3.35. The first kappa shape index (κ1) is 10.8. The molecule has 68 valence electrons. The molecule has 0 radical (unpaired) electrons. The highest BCUT2D eigenvalue weighted by Crippen LogP contribution is 2.27. The SMILES string of the molecule is CCCC(C)(C)OC(F)(F)F. The van der Waals surface area contributed by atoms with Gasteiger partial charge in [0, 0.05) is 0 Å². The van der Waals surface area contributed by atoms with Crippen LogP contribution in [-0.2, 0) is 4.74 Å². The number of ether oxygens (including phenoxy) is 1. The Bertz CT molecular complexity index is 117. The van der Waals surface area contributed by atoms with E-state index in [4.69, 9.17) is 0 Å². The molecule has 0 aromatic rings. The van der Waals surface area contributed by atoms with Crippen LogP contribution < -0.4 is 0 Å². The molecule has 0 aromatic heterocycles. The summed E-state index contributed by atoms with van der Waals surface area (Å²) >= 11 is 0. The van der Waals surface area contributed by atoms with Gasteiger partial charge in [-0.2, -0.15) is 0 Å². The molecule has 0 aliphatic rings. The molecule has 0 aromatic carbocycles. The van der Waals surface area contributed by atoms with E-state index in [1.807, 2.05) is 6.92 Å². The highest BCUT2D eigenvalue weighted by Gasteiger charge is 2.37. The van der Waals surface area contributed by atoms with Gasteiger partial charge in [-0.15, -0.1) is 13.2 Å². The molecule has 0 saturated heterocycles. The van der Waals surface area contributed by atoms with E-state index < -0.39 is 12.0 Å². The summed E-state index contributed by atoms with van der Waals surface area (Å²) in [6.07, 6.45) is -3.42. The summed E-state index contributed by atoms with van der Waals surface area (Å²) in [5, 5.41) is 0. The summed E-state index contributed by atoms with van der Waals surface area (Å²) in [6.45, 7) is 4.69. The summed E-state index contributed by atoms with van der Waals surface area (Å²) in [5.41, 5.74) is -1.09. The molecule has 0 amide bonds. The lowest BCUT2D eigenvalue weighted by Gasteiger charge is -2.25. The van der Waals surface area contributed by atoms with Gasteiger partial charge in [0.2, 0.25) is 0 Å². The molecule has 0 saturated carbocycles. The third-order valence-corrected chi connectivity index (χ3v) is 1.24. The van der Waals surface area contributed by atoms with Crippen molar-refractivity contribution in [3.63, 3.8) is 0 Å². The number of hydrogen-bond donors (Lipinski definition) is 0. The second-order valence-corrected chi connectivity index (χ2v) is 3.06. The molecule has 0 N–H and O–H groups in total. The maximum absolute atomic E-state index is 11.7. The van der Waals surface area contributed by atoms with E-state index in [1.165, 1.54) is 13.8 Å². The molecule has 0 bridgehead atoms. The molecule has 0 spiro atoms. The van der Waals surface area contributed by atoms with E-state index in [-0.39, 0.29) is 0 Å². The van der Waals surface area contributed by atoms with Crippen LogP contribution in [0.3, 0.4) is 0 Å². The fourth-order valence-electron chi connectivity index (χ4n) is 0.966. The van der Waals surface area contributed by atoms with Crippen molar-refractivity contribution in [1.82, 2.24) is 0 Å². The number of rotatable bonds is 3. The van der Waals surface area contributed by atoms with E-state index >= 15 is 0 Å². The summed E-state index contributed by atoms with van der Waals surface area (Å²) in [6, 6.07) is 0. The van der Waals surface area contributed by atoms with Gasteiger partial charge in [0.05, 0.1) is 5.60 Å². The van der Waals surface area contributed by atoms with E-state index in [0.717, 1.165) is 0 Å². The predicted octanol–water partition coefficient (Wildman–Crippen LogP) is 3.10. The Morgan fingerprint density at radius 1 is 1.18 bits per heavy atom. The first-order valence-electron chi connectivity index (χ1n) is 3.54. The number of hydrogen-bond acceptors (Lipinski definition) is 1. The zero-order valence-corrected chi connectivity index (χ0v) is 6.96. The zero-order chi connectivity index (χ0) is 9.12. The lowest BCUT2D eigenvalue weighted by atomic mass is 10.0. The Morgan fingerprint density at radius 2 is 1.64 bits per heavy atom. The minimum Gasteiger partial charge on any atom is -0.286 e.